The van der Waals surface area contributed by atoms with Gasteiger partial charge in [0.05, 0.1) is 30.5 Å². The zero-order valence-electron chi connectivity index (χ0n) is 17.0. The fourth-order valence-corrected chi connectivity index (χ4v) is 3.77. The summed E-state index contributed by atoms with van der Waals surface area (Å²) < 4.78 is 39.8. The summed E-state index contributed by atoms with van der Waals surface area (Å²) in [6.07, 6.45) is 2.27. The number of carbonyl (C=O) groups is 1. The summed E-state index contributed by atoms with van der Waals surface area (Å²) in [5, 5.41) is 2.92. The van der Waals surface area contributed by atoms with Gasteiger partial charge in [-0.25, -0.2) is 13.8 Å². The van der Waals surface area contributed by atoms with Crippen LogP contribution in [-0.4, -0.2) is 29.0 Å². The molecule has 1 aromatic carbocycles. The van der Waals surface area contributed by atoms with Crippen LogP contribution < -0.4 is 10.1 Å². The van der Waals surface area contributed by atoms with E-state index in [4.69, 9.17) is 9.47 Å². The van der Waals surface area contributed by atoms with Gasteiger partial charge >= 0.3 is 0 Å². The Morgan fingerprint density at radius 1 is 1.33 bits per heavy atom. The average molecular weight is 415 g/mol. The number of aromatic nitrogens is 2. The molecule has 1 atom stereocenters. The summed E-state index contributed by atoms with van der Waals surface area (Å²) in [4.78, 5) is 17.7. The van der Waals surface area contributed by atoms with E-state index in [2.05, 4.69) is 24.1 Å². The largest absolute Gasteiger partial charge is 0.493 e. The Labute approximate surface area is 172 Å². The zero-order chi connectivity index (χ0) is 21.4. The minimum Gasteiger partial charge on any atom is -0.493 e. The molecule has 1 aliphatic rings. The molecule has 0 fully saturated rings. The number of nitrogens with one attached hydrogen (secondary N) is 1. The Morgan fingerprint density at radius 3 is 2.83 bits per heavy atom. The van der Waals surface area contributed by atoms with E-state index in [0.29, 0.717) is 36.4 Å². The molecule has 3 aromatic rings. The van der Waals surface area contributed by atoms with Crippen molar-refractivity contribution in [1.82, 2.24) is 14.7 Å². The van der Waals surface area contributed by atoms with Gasteiger partial charge in [-0.05, 0) is 24.1 Å². The molecular weight excluding hydrogens is 392 g/mol. The molecule has 3 heterocycles. The number of ether oxygens (including phenoxy) is 2. The summed E-state index contributed by atoms with van der Waals surface area (Å²) in [7, 11) is 1.59. The van der Waals surface area contributed by atoms with Gasteiger partial charge in [0, 0.05) is 37.1 Å². The highest BCUT2D eigenvalue weighted by atomic mass is 19.2. The summed E-state index contributed by atoms with van der Waals surface area (Å²) in [6, 6.07) is 5.29. The second-order valence-corrected chi connectivity index (χ2v) is 7.65. The van der Waals surface area contributed by atoms with Crippen molar-refractivity contribution < 1.29 is 23.0 Å². The quantitative estimate of drug-likeness (QED) is 0.680. The van der Waals surface area contributed by atoms with Crippen molar-refractivity contribution in [2.75, 3.05) is 13.7 Å². The zero-order valence-corrected chi connectivity index (χ0v) is 17.0. The number of methoxy groups -OCH3 is 1. The van der Waals surface area contributed by atoms with E-state index < -0.39 is 17.7 Å². The third-order valence-electron chi connectivity index (χ3n) is 5.23. The van der Waals surface area contributed by atoms with Crippen LogP contribution >= 0.6 is 0 Å². The maximum Gasteiger partial charge on any atom is 0.255 e. The van der Waals surface area contributed by atoms with Crippen molar-refractivity contribution in [2.45, 2.75) is 38.8 Å². The molecule has 6 nitrogen and oxygen atoms in total. The van der Waals surface area contributed by atoms with Crippen molar-refractivity contribution in [3.8, 4) is 5.75 Å². The second kappa shape index (κ2) is 8.02. The number of amides is 1. The van der Waals surface area contributed by atoms with E-state index in [-0.39, 0.29) is 17.6 Å². The first kappa shape index (κ1) is 20.3. The van der Waals surface area contributed by atoms with Crippen LogP contribution in [0.15, 0.2) is 30.5 Å². The molecule has 30 heavy (non-hydrogen) atoms. The predicted molar refractivity (Wildman–Crippen MR) is 107 cm³/mol. The van der Waals surface area contributed by atoms with Gasteiger partial charge in [-0.2, -0.15) is 0 Å². The number of benzene rings is 1. The first-order valence-electron chi connectivity index (χ1n) is 9.81. The van der Waals surface area contributed by atoms with Crippen molar-refractivity contribution >= 4 is 11.6 Å². The lowest BCUT2D eigenvalue weighted by molar-refractivity contribution is 0.0926. The van der Waals surface area contributed by atoms with Gasteiger partial charge < -0.3 is 19.2 Å². The second-order valence-electron chi connectivity index (χ2n) is 7.65. The molecule has 1 unspecified atom stereocenters. The SMILES string of the molecule is COCc1cc(C(C)C)n2ccc(C(=O)NC3CCOc4cc(F)c(F)cc43)c2n1. The molecule has 1 aliphatic heterocycles. The molecule has 158 valence electrons. The number of hydrogen-bond acceptors (Lipinski definition) is 4. The minimum atomic E-state index is -0.977. The van der Waals surface area contributed by atoms with Crippen LogP contribution in [0, 0.1) is 11.6 Å². The maximum atomic E-state index is 13.8. The molecule has 0 saturated heterocycles. The third kappa shape index (κ3) is 3.63. The Morgan fingerprint density at radius 2 is 2.10 bits per heavy atom. The fraction of sp³-hybridized carbons (Fsp3) is 0.364. The van der Waals surface area contributed by atoms with Gasteiger partial charge in [0.15, 0.2) is 11.6 Å². The number of nitrogens with zero attached hydrogens (tertiary/aromatic N) is 2. The fourth-order valence-electron chi connectivity index (χ4n) is 3.77. The number of carbonyl (C=O) groups excluding carboxylic acids is 1. The summed E-state index contributed by atoms with van der Waals surface area (Å²) in [5.41, 5.74) is 3.11. The van der Waals surface area contributed by atoms with E-state index in [9.17, 15) is 13.6 Å². The molecule has 0 spiro atoms. The van der Waals surface area contributed by atoms with Crippen LogP contribution in [0.4, 0.5) is 8.78 Å². The Kier molecular flexibility index (Phi) is 5.42. The summed E-state index contributed by atoms with van der Waals surface area (Å²) in [5.74, 6) is -1.82. The molecule has 1 N–H and O–H groups in total. The number of hydrogen-bond donors (Lipinski definition) is 1. The minimum absolute atomic E-state index is 0.217. The normalized spacial score (nSPS) is 15.9. The molecule has 2 aromatic heterocycles. The van der Waals surface area contributed by atoms with Crippen LogP contribution in [0.5, 0.6) is 5.75 Å². The lowest BCUT2D eigenvalue weighted by atomic mass is 10.00. The van der Waals surface area contributed by atoms with Crippen LogP contribution in [0.1, 0.15) is 59.5 Å². The molecule has 0 saturated carbocycles. The van der Waals surface area contributed by atoms with Crippen LogP contribution in [0.3, 0.4) is 0 Å². The number of halogens is 2. The predicted octanol–water partition coefficient (Wildman–Crippen LogP) is 4.14. The Bertz CT molecular complexity index is 1110. The standard InChI is InChI=1S/C22H23F2N3O3/c1-12(2)19-8-13(11-29-3)25-21-14(4-6-27(19)21)22(28)26-18-5-7-30-20-10-17(24)16(23)9-15(18)20/h4,6,8-10,12,18H,5,7,11H2,1-3H3,(H,26,28). The van der Waals surface area contributed by atoms with Gasteiger partial charge in [-0.15, -0.1) is 0 Å². The van der Waals surface area contributed by atoms with E-state index in [1.165, 1.54) is 0 Å². The molecule has 0 radical (unpaired) electrons. The van der Waals surface area contributed by atoms with Crippen molar-refractivity contribution in [1.29, 1.82) is 0 Å². The van der Waals surface area contributed by atoms with Crippen molar-refractivity contribution in [3.63, 3.8) is 0 Å². The Hall–Kier alpha value is -3.00. The first-order valence-corrected chi connectivity index (χ1v) is 9.81. The topological polar surface area (TPSA) is 64.9 Å². The third-order valence-corrected chi connectivity index (χ3v) is 5.23. The van der Waals surface area contributed by atoms with Crippen molar-refractivity contribution in [3.05, 3.63) is 64.6 Å². The van der Waals surface area contributed by atoms with E-state index in [1.54, 1.807) is 13.2 Å². The van der Waals surface area contributed by atoms with Crippen molar-refractivity contribution in [2.24, 2.45) is 0 Å². The van der Waals surface area contributed by atoms with Gasteiger partial charge in [-0.1, -0.05) is 13.8 Å². The molecule has 8 heteroatoms. The highest BCUT2D eigenvalue weighted by molar-refractivity contribution is 6.00. The van der Waals surface area contributed by atoms with Crippen LogP contribution in [0.2, 0.25) is 0 Å². The van der Waals surface area contributed by atoms with Gasteiger partial charge in [0.2, 0.25) is 0 Å². The summed E-state index contributed by atoms with van der Waals surface area (Å²) >= 11 is 0. The monoisotopic (exact) mass is 415 g/mol. The number of rotatable bonds is 5. The van der Waals surface area contributed by atoms with Crippen LogP contribution in [-0.2, 0) is 11.3 Å². The number of fused-ring (bicyclic) bond motifs is 2. The van der Waals surface area contributed by atoms with E-state index in [1.807, 2.05) is 16.7 Å². The smallest absolute Gasteiger partial charge is 0.255 e. The highest BCUT2D eigenvalue weighted by Crippen LogP contribution is 2.34. The van der Waals surface area contributed by atoms with E-state index in [0.717, 1.165) is 23.5 Å². The molecular formula is C22H23F2N3O3. The molecule has 0 bridgehead atoms. The average Bonchev–Trinajstić information content (AvgIpc) is 3.13. The summed E-state index contributed by atoms with van der Waals surface area (Å²) in [6.45, 7) is 4.77. The first-order chi connectivity index (χ1) is 14.4. The highest BCUT2D eigenvalue weighted by Gasteiger charge is 2.27. The molecule has 4 rings (SSSR count). The van der Waals surface area contributed by atoms with Gasteiger partial charge in [0.1, 0.15) is 11.4 Å². The lowest BCUT2D eigenvalue weighted by Gasteiger charge is -2.26. The maximum absolute atomic E-state index is 13.8. The van der Waals surface area contributed by atoms with Gasteiger partial charge in [0.25, 0.3) is 5.91 Å². The molecule has 0 aliphatic carbocycles. The van der Waals surface area contributed by atoms with Crippen LogP contribution in [0.25, 0.3) is 5.65 Å². The van der Waals surface area contributed by atoms with Gasteiger partial charge in [-0.3, -0.25) is 4.79 Å². The lowest BCUT2D eigenvalue weighted by Crippen LogP contribution is -2.32. The van der Waals surface area contributed by atoms with E-state index >= 15 is 0 Å². The molecule has 1 amide bonds. The Balaban J connectivity index is 1.69.